The van der Waals surface area contributed by atoms with Crippen molar-refractivity contribution in [3.05, 3.63) is 47.1 Å². The fraction of sp³-hybridized carbons (Fsp3) is 0.385. The number of nitrogens with zero attached hydrogens (tertiary/aromatic N) is 2. The summed E-state index contributed by atoms with van der Waals surface area (Å²) in [5.74, 6) is -0.420. The average molecular weight is 267 g/mol. The fourth-order valence-corrected chi connectivity index (χ4v) is 1.60. The molecule has 102 valence electrons. The van der Waals surface area contributed by atoms with Crippen molar-refractivity contribution in [3.63, 3.8) is 0 Å². The van der Waals surface area contributed by atoms with Crippen LogP contribution in [0.5, 0.6) is 0 Å². The highest BCUT2D eigenvalue weighted by atomic mass is 19.1. The summed E-state index contributed by atoms with van der Waals surface area (Å²) in [6, 6.07) is 3.04. The van der Waals surface area contributed by atoms with E-state index in [2.05, 4.69) is 10.1 Å². The standard InChI is InChI=1S/C13H15F2N3O/c1-7(2)12(16)13-17-11(18-19-13)5-8-3-4-9(14)6-10(8)15/h3-4,6-7,12H,5,16H2,1-2H3. The van der Waals surface area contributed by atoms with Crippen molar-refractivity contribution in [1.29, 1.82) is 0 Å². The van der Waals surface area contributed by atoms with E-state index in [4.69, 9.17) is 10.3 Å². The molecule has 19 heavy (non-hydrogen) atoms. The van der Waals surface area contributed by atoms with Gasteiger partial charge in [-0.25, -0.2) is 8.78 Å². The number of benzene rings is 1. The molecule has 0 aliphatic heterocycles. The normalized spacial score (nSPS) is 12.9. The molecule has 1 heterocycles. The molecular formula is C13H15F2N3O. The van der Waals surface area contributed by atoms with E-state index in [1.165, 1.54) is 12.1 Å². The zero-order valence-corrected chi connectivity index (χ0v) is 10.7. The maximum absolute atomic E-state index is 13.5. The molecule has 1 aromatic heterocycles. The van der Waals surface area contributed by atoms with Crippen molar-refractivity contribution in [1.82, 2.24) is 10.1 Å². The lowest BCUT2D eigenvalue weighted by atomic mass is 10.1. The number of halogens is 2. The second kappa shape index (κ2) is 5.44. The van der Waals surface area contributed by atoms with Crippen LogP contribution in [0.15, 0.2) is 22.7 Å². The maximum Gasteiger partial charge on any atom is 0.243 e. The SMILES string of the molecule is CC(C)C(N)c1nc(Cc2ccc(F)cc2F)no1. The molecule has 0 fully saturated rings. The Morgan fingerprint density at radius 1 is 1.32 bits per heavy atom. The third-order valence-electron chi connectivity index (χ3n) is 2.85. The topological polar surface area (TPSA) is 64.9 Å². The molecule has 0 saturated carbocycles. The van der Waals surface area contributed by atoms with Gasteiger partial charge >= 0.3 is 0 Å². The van der Waals surface area contributed by atoms with Crippen LogP contribution in [0.1, 0.15) is 37.2 Å². The van der Waals surface area contributed by atoms with Crippen molar-refractivity contribution in [3.8, 4) is 0 Å². The van der Waals surface area contributed by atoms with Crippen LogP contribution in [0.25, 0.3) is 0 Å². The molecule has 6 heteroatoms. The zero-order valence-electron chi connectivity index (χ0n) is 10.7. The monoisotopic (exact) mass is 267 g/mol. The lowest BCUT2D eigenvalue weighted by Crippen LogP contribution is -2.17. The first-order chi connectivity index (χ1) is 8.97. The summed E-state index contributed by atoms with van der Waals surface area (Å²) in [7, 11) is 0. The van der Waals surface area contributed by atoms with Gasteiger partial charge in [-0.1, -0.05) is 25.1 Å². The molecule has 2 rings (SSSR count). The molecule has 0 aliphatic carbocycles. The molecule has 0 spiro atoms. The molecule has 0 saturated heterocycles. The third-order valence-corrected chi connectivity index (χ3v) is 2.85. The molecule has 0 aliphatic rings. The van der Waals surface area contributed by atoms with Crippen LogP contribution < -0.4 is 5.73 Å². The number of aromatic nitrogens is 2. The third kappa shape index (κ3) is 3.14. The highest BCUT2D eigenvalue weighted by Crippen LogP contribution is 2.18. The van der Waals surface area contributed by atoms with Crippen LogP contribution in [0, 0.1) is 17.6 Å². The number of hydrogen-bond acceptors (Lipinski definition) is 4. The average Bonchev–Trinajstić information content (AvgIpc) is 2.80. The summed E-state index contributed by atoms with van der Waals surface area (Å²) >= 11 is 0. The van der Waals surface area contributed by atoms with Crippen molar-refractivity contribution in [2.24, 2.45) is 11.7 Å². The van der Waals surface area contributed by atoms with Crippen molar-refractivity contribution in [2.45, 2.75) is 26.3 Å². The summed E-state index contributed by atoms with van der Waals surface area (Å²) in [6.45, 7) is 3.88. The van der Waals surface area contributed by atoms with Crippen LogP contribution in [-0.2, 0) is 6.42 Å². The molecule has 0 amide bonds. The molecule has 0 bridgehead atoms. The van der Waals surface area contributed by atoms with Gasteiger partial charge in [0.15, 0.2) is 5.82 Å². The Balaban J connectivity index is 2.16. The number of hydrogen-bond donors (Lipinski definition) is 1. The summed E-state index contributed by atoms with van der Waals surface area (Å²) < 4.78 is 31.3. The molecular weight excluding hydrogens is 252 g/mol. The predicted octanol–water partition coefficient (Wildman–Crippen LogP) is 2.59. The van der Waals surface area contributed by atoms with Crippen LogP contribution in [0.3, 0.4) is 0 Å². The maximum atomic E-state index is 13.5. The largest absolute Gasteiger partial charge is 0.338 e. The second-order valence-corrected chi connectivity index (χ2v) is 4.73. The highest BCUT2D eigenvalue weighted by molar-refractivity contribution is 5.21. The highest BCUT2D eigenvalue weighted by Gasteiger charge is 2.18. The molecule has 1 unspecified atom stereocenters. The second-order valence-electron chi connectivity index (χ2n) is 4.73. The van der Waals surface area contributed by atoms with E-state index in [1.807, 2.05) is 13.8 Å². The van der Waals surface area contributed by atoms with Crippen molar-refractivity contribution >= 4 is 0 Å². The minimum absolute atomic E-state index is 0.139. The van der Waals surface area contributed by atoms with Gasteiger partial charge in [0.1, 0.15) is 11.6 Å². The van der Waals surface area contributed by atoms with E-state index >= 15 is 0 Å². The minimum atomic E-state index is -0.625. The summed E-state index contributed by atoms with van der Waals surface area (Å²) in [5.41, 5.74) is 6.19. The quantitative estimate of drug-likeness (QED) is 0.924. The first-order valence-corrected chi connectivity index (χ1v) is 5.99. The Morgan fingerprint density at radius 2 is 2.05 bits per heavy atom. The van der Waals surface area contributed by atoms with Gasteiger partial charge in [-0.15, -0.1) is 0 Å². The Hall–Kier alpha value is -1.82. The van der Waals surface area contributed by atoms with E-state index in [-0.39, 0.29) is 18.4 Å². The van der Waals surface area contributed by atoms with E-state index in [9.17, 15) is 8.78 Å². The van der Waals surface area contributed by atoms with Gasteiger partial charge in [-0.2, -0.15) is 4.98 Å². The first kappa shape index (κ1) is 13.6. The lowest BCUT2D eigenvalue weighted by molar-refractivity contribution is 0.322. The molecule has 1 aromatic carbocycles. The van der Waals surface area contributed by atoms with E-state index in [1.54, 1.807) is 0 Å². The number of rotatable bonds is 4. The summed E-state index contributed by atoms with van der Waals surface area (Å²) in [4.78, 5) is 4.13. The Kier molecular flexibility index (Phi) is 3.90. The van der Waals surface area contributed by atoms with E-state index in [0.29, 0.717) is 17.3 Å². The van der Waals surface area contributed by atoms with E-state index < -0.39 is 11.6 Å². The van der Waals surface area contributed by atoms with Crippen LogP contribution in [0.4, 0.5) is 8.78 Å². The van der Waals surface area contributed by atoms with Gasteiger partial charge < -0.3 is 10.3 Å². The van der Waals surface area contributed by atoms with Gasteiger partial charge in [-0.05, 0) is 17.5 Å². The van der Waals surface area contributed by atoms with Gasteiger partial charge in [-0.3, -0.25) is 0 Å². The smallest absolute Gasteiger partial charge is 0.243 e. The van der Waals surface area contributed by atoms with Gasteiger partial charge in [0.25, 0.3) is 0 Å². The van der Waals surface area contributed by atoms with Gasteiger partial charge in [0, 0.05) is 12.5 Å². The fourth-order valence-electron chi connectivity index (χ4n) is 1.60. The molecule has 0 radical (unpaired) electrons. The molecule has 2 N–H and O–H groups in total. The summed E-state index contributed by atoms with van der Waals surface area (Å²) in [6.07, 6.45) is 0.139. The first-order valence-electron chi connectivity index (χ1n) is 5.99. The Labute approximate surface area is 109 Å². The predicted molar refractivity (Wildman–Crippen MR) is 65.2 cm³/mol. The molecule has 1 atom stereocenters. The van der Waals surface area contributed by atoms with Crippen molar-refractivity contribution in [2.75, 3.05) is 0 Å². The van der Waals surface area contributed by atoms with Gasteiger partial charge in [0.05, 0.1) is 6.04 Å². The van der Waals surface area contributed by atoms with Crippen molar-refractivity contribution < 1.29 is 13.3 Å². The molecule has 2 aromatic rings. The Morgan fingerprint density at radius 3 is 2.68 bits per heavy atom. The minimum Gasteiger partial charge on any atom is -0.338 e. The Bertz CT molecular complexity index is 569. The number of nitrogens with two attached hydrogens (primary N) is 1. The van der Waals surface area contributed by atoms with Crippen LogP contribution in [-0.4, -0.2) is 10.1 Å². The zero-order chi connectivity index (χ0) is 14.0. The van der Waals surface area contributed by atoms with Crippen LogP contribution >= 0.6 is 0 Å². The molecule has 4 nitrogen and oxygen atoms in total. The van der Waals surface area contributed by atoms with Gasteiger partial charge in [0.2, 0.25) is 5.89 Å². The lowest BCUT2D eigenvalue weighted by Gasteiger charge is -2.09. The van der Waals surface area contributed by atoms with E-state index in [0.717, 1.165) is 6.07 Å². The van der Waals surface area contributed by atoms with Crippen LogP contribution in [0.2, 0.25) is 0 Å². The summed E-state index contributed by atoms with van der Waals surface area (Å²) in [5, 5.41) is 3.75.